The molecule has 8 nitrogen and oxygen atoms in total. The van der Waals surface area contributed by atoms with Gasteiger partial charge in [0.25, 0.3) is 5.91 Å². The van der Waals surface area contributed by atoms with Crippen LogP contribution in [0.1, 0.15) is 41.3 Å². The quantitative estimate of drug-likeness (QED) is 0.413. The number of alkyl halides is 3. The molecule has 5 rings (SSSR count). The standard InChI is InChI=1S/C24H21ClF3N5O3/c1-13-12-35-23(36-13,15-2-3-15)17-9-19(25)30-11-18(17)32-22(34)14-6-7-29-21(8-14)33-20-5-4-16(10-31-20)24(26,27)28/h4-11,13,15H,2-3,12H2,1H3,(H,32,34)(H,29,31,33)/t13-,23?/m1/s1. The van der Waals surface area contributed by atoms with Gasteiger partial charge in [-0.05, 0) is 50.1 Å². The van der Waals surface area contributed by atoms with Gasteiger partial charge in [0.1, 0.15) is 16.8 Å². The van der Waals surface area contributed by atoms with Crippen molar-refractivity contribution >= 4 is 34.8 Å². The number of aromatic nitrogens is 3. The van der Waals surface area contributed by atoms with Gasteiger partial charge in [-0.15, -0.1) is 0 Å². The van der Waals surface area contributed by atoms with Gasteiger partial charge in [0.15, 0.2) is 5.79 Å². The minimum atomic E-state index is -4.48. The lowest BCUT2D eigenvalue weighted by Crippen LogP contribution is -2.32. The lowest BCUT2D eigenvalue weighted by molar-refractivity contribution is -0.190. The number of nitrogens with one attached hydrogen (secondary N) is 2. The third-order valence-corrected chi connectivity index (χ3v) is 6.09. The molecule has 1 aliphatic carbocycles. The summed E-state index contributed by atoms with van der Waals surface area (Å²) < 4.78 is 50.6. The van der Waals surface area contributed by atoms with Gasteiger partial charge in [-0.1, -0.05) is 11.6 Å². The molecular formula is C24H21ClF3N5O3. The molecule has 0 aromatic carbocycles. The molecule has 2 fully saturated rings. The van der Waals surface area contributed by atoms with Crippen LogP contribution in [0.25, 0.3) is 0 Å². The molecule has 0 spiro atoms. The first kappa shape index (κ1) is 24.4. The van der Waals surface area contributed by atoms with Crippen LogP contribution in [0.2, 0.25) is 5.15 Å². The van der Waals surface area contributed by atoms with Crippen molar-refractivity contribution in [3.05, 3.63) is 70.8 Å². The Bertz CT molecular complexity index is 1290. The van der Waals surface area contributed by atoms with Crippen molar-refractivity contribution in [1.29, 1.82) is 0 Å². The van der Waals surface area contributed by atoms with Crippen LogP contribution in [0, 0.1) is 5.92 Å². The fourth-order valence-electron chi connectivity index (χ4n) is 4.07. The summed E-state index contributed by atoms with van der Waals surface area (Å²) in [6.07, 6.45) is 0.837. The lowest BCUT2D eigenvalue weighted by Gasteiger charge is -2.30. The zero-order valence-corrected chi connectivity index (χ0v) is 19.7. The van der Waals surface area contributed by atoms with Crippen LogP contribution in [0.4, 0.5) is 30.5 Å². The maximum atomic E-state index is 13.1. The van der Waals surface area contributed by atoms with E-state index in [1.807, 2.05) is 6.92 Å². The van der Waals surface area contributed by atoms with E-state index in [1.54, 1.807) is 6.07 Å². The lowest BCUT2D eigenvalue weighted by atomic mass is 10.00. The Kier molecular flexibility index (Phi) is 6.31. The van der Waals surface area contributed by atoms with Crippen LogP contribution in [0.5, 0.6) is 0 Å². The van der Waals surface area contributed by atoms with E-state index in [9.17, 15) is 18.0 Å². The Morgan fingerprint density at radius 3 is 2.56 bits per heavy atom. The Labute approximate surface area is 209 Å². The van der Waals surface area contributed by atoms with Crippen LogP contribution < -0.4 is 10.6 Å². The van der Waals surface area contributed by atoms with Crippen LogP contribution >= 0.6 is 11.6 Å². The second-order valence-corrected chi connectivity index (χ2v) is 9.06. The molecule has 0 radical (unpaired) electrons. The highest BCUT2D eigenvalue weighted by molar-refractivity contribution is 6.29. The summed E-state index contributed by atoms with van der Waals surface area (Å²) in [4.78, 5) is 25.1. The molecule has 1 unspecified atom stereocenters. The van der Waals surface area contributed by atoms with E-state index in [0.717, 1.165) is 25.1 Å². The maximum Gasteiger partial charge on any atom is 0.417 e. The summed E-state index contributed by atoms with van der Waals surface area (Å²) in [5.41, 5.74) is 0.391. The van der Waals surface area contributed by atoms with Gasteiger partial charge in [-0.25, -0.2) is 15.0 Å². The fourth-order valence-corrected chi connectivity index (χ4v) is 4.22. The second-order valence-electron chi connectivity index (χ2n) is 8.67. The summed E-state index contributed by atoms with van der Waals surface area (Å²) in [7, 11) is 0. The average molecular weight is 520 g/mol. The van der Waals surface area contributed by atoms with E-state index >= 15 is 0 Å². The topological polar surface area (TPSA) is 98.3 Å². The van der Waals surface area contributed by atoms with Crippen LogP contribution in [-0.2, 0) is 21.4 Å². The number of nitrogens with zero attached hydrogens (tertiary/aromatic N) is 3. The Morgan fingerprint density at radius 1 is 1.11 bits per heavy atom. The van der Waals surface area contributed by atoms with Crippen LogP contribution in [-0.4, -0.2) is 33.6 Å². The van der Waals surface area contributed by atoms with Gasteiger partial charge >= 0.3 is 6.18 Å². The van der Waals surface area contributed by atoms with E-state index < -0.39 is 23.4 Å². The number of amides is 1. The molecule has 2 aliphatic rings. The second kappa shape index (κ2) is 9.30. The molecule has 3 aromatic heterocycles. The molecule has 1 aliphatic heterocycles. The molecule has 12 heteroatoms. The molecule has 2 atom stereocenters. The SMILES string of the molecule is C[C@@H]1COC(c2cc(Cl)ncc2NC(=O)c2ccnc(Nc3ccc(C(F)(F)F)cn3)c2)(C2CC2)O1. The molecule has 0 bridgehead atoms. The van der Waals surface area contributed by atoms with Crippen molar-refractivity contribution in [2.24, 2.45) is 5.92 Å². The monoisotopic (exact) mass is 519 g/mol. The summed E-state index contributed by atoms with van der Waals surface area (Å²) in [5, 5.41) is 5.90. The van der Waals surface area contributed by atoms with Crippen molar-refractivity contribution in [2.75, 3.05) is 17.2 Å². The minimum absolute atomic E-state index is 0.117. The smallest absolute Gasteiger partial charge is 0.343 e. The fraction of sp³-hybridized carbons (Fsp3) is 0.333. The summed E-state index contributed by atoms with van der Waals surface area (Å²) in [6.45, 7) is 2.34. The van der Waals surface area contributed by atoms with Crippen LogP contribution in [0.15, 0.2) is 48.9 Å². The molecule has 2 N–H and O–H groups in total. The number of carbonyl (C=O) groups is 1. The highest BCUT2D eigenvalue weighted by atomic mass is 35.5. The highest BCUT2D eigenvalue weighted by Gasteiger charge is 2.54. The van der Waals surface area contributed by atoms with Gasteiger partial charge in [-0.3, -0.25) is 4.79 Å². The average Bonchev–Trinajstić information content (AvgIpc) is 3.62. The summed E-state index contributed by atoms with van der Waals surface area (Å²) in [6, 6.07) is 6.70. The van der Waals surface area contributed by atoms with E-state index in [-0.39, 0.29) is 34.4 Å². The predicted octanol–water partition coefficient (Wildman–Crippen LogP) is 5.54. The third-order valence-electron chi connectivity index (χ3n) is 5.89. The van der Waals surface area contributed by atoms with Gasteiger partial charge < -0.3 is 20.1 Å². The zero-order valence-electron chi connectivity index (χ0n) is 19.0. The molecular weight excluding hydrogens is 499 g/mol. The first-order valence-corrected chi connectivity index (χ1v) is 11.6. The van der Waals surface area contributed by atoms with E-state index in [2.05, 4.69) is 25.6 Å². The Balaban J connectivity index is 1.36. The number of ether oxygens (including phenoxy) is 2. The van der Waals surface area contributed by atoms with Gasteiger partial charge in [0, 0.05) is 29.4 Å². The molecule has 4 heterocycles. The number of hydrogen-bond acceptors (Lipinski definition) is 7. The number of halogens is 4. The van der Waals surface area contributed by atoms with E-state index in [4.69, 9.17) is 21.1 Å². The Hall–Kier alpha value is -3.28. The third kappa shape index (κ3) is 4.99. The molecule has 36 heavy (non-hydrogen) atoms. The Morgan fingerprint density at radius 2 is 1.92 bits per heavy atom. The largest absolute Gasteiger partial charge is 0.417 e. The minimum Gasteiger partial charge on any atom is -0.343 e. The molecule has 1 saturated carbocycles. The molecule has 1 amide bonds. The maximum absolute atomic E-state index is 13.1. The van der Waals surface area contributed by atoms with Crippen molar-refractivity contribution in [3.8, 4) is 0 Å². The number of pyridine rings is 3. The van der Waals surface area contributed by atoms with Crippen molar-refractivity contribution in [3.63, 3.8) is 0 Å². The van der Waals surface area contributed by atoms with Crippen molar-refractivity contribution < 1.29 is 27.4 Å². The van der Waals surface area contributed by atoms with Crippen molar-refractivity contribution in [1.82, 2.24) is 15.0 Å². The van der Waals surface area contributed by atoms with Gasteiger partial charge in [0.05, 0.1) is 30.2 Å². The number of anilines is 3. The number of rotatable bonds is 6. The van der Waals surface area contributed by atoms with Crippen molar-refractivity contribution in [2.45, 2.75) is 37.8 Å². The van der Waals surface area contributed by atoms with Crippen LogP contribution in [0.3, 0.4) is 0 Å². The highest BCUT2D eigenvalue weighted by Crippen LogP contribution is 2.54. The molecule has 3 aromatic rings. The van der Waals surface area contributed by atoms with Gasteiger partial charge in [-0.2, -0.15) is 13.2 Å². The summed E-state index contributed by atoms with van der Waals surface area (Å²) >= 11 is 6.18. The zero-order chi connectivity index (χ0) is 25.5. The molecule has 188 valence electrons. The number of hydrogen-bond donors (Lipinski definition) is 2. The predicted molar refractivity (Wildman–Crippen MR) is 125 cm³/mol. The number of carbonyl (C=O) groups excluding carboxylic acids is 1. The first-order chi connectivity index (χ1) is 17.1. The molecule has 1 saturated heterocycles. The first-order valence-electron chi connectivity index (χ1n) is 11.2. The van der Waals surface area contributed by atoms with Gasteiger partial charge in [0.2, 0.25) is 0 Å². The van der Waals surface area contributed by atoms with E-state index in [0.29, 0.717) is 17.9 Å². The summed E-state index contributed by atoms with van der Waals surface area (Å²) in [5.74, 6) is -0.940. The van der Waals surface area contributed by atoms with E-state index in [1.165, 1.54) is 30.6 Å². The normalized spacial score (nSPS) is 21.9.